The molecular weight excluding hydrogens is 323 g/mol. The van der Waals surface area contributed by atoms with Gasteiger partial charge >= 0.3 is 0 Å². The molecule has 0 aromatic heterocycles. The second-order valence-corrected chi connectivity index (χ2v) is 6.14. The number of nitrogens with zero attached hydrogens (tertiary/aromatic N) is 1. The summed E-state index contributed by atoms with van der Waals surface area (Å²) >= 11 is 0. The Bertz CT molecular complexity index is 635. The van der Waals surface area contributed by atoms with Crippen LogP contribution < -0.4 is 10.6 Å². The largest absolute Gasteiger partial charge is 0.352 e. The minimum Gasteiger partial charge on any atom is -0.352 e. The standard InChI is InChI=1S/C16H20F3N3O2/c1-9(10-3-4-10)20-13(23)7-22(2)8-14(24)21-12-6-5-11(17)15(18)16(12)19/h5-6,9-10H,3-4,7-8H2,1-2H3,(H,20,23)(H,21,24)/t9-/m0/s1. The van der Waals surface area contributed by atoms with Crippen LogP contribution in [0.5, 0.6) is 0 Å². The molecule has 1 fully saturated rings. The molecule has 1 saturated carbocycles. The van der Waals surface area contributed by atoms with Crippen molar-refractivity contribution in [1.82, 2.24) is 10.2 Å². The first-order chi connectivity index (χ1) is 11.3. The fraction of sp³-hybridized carbons (Fsp3) is 0.500. The summed E-state index contributed by atoms with van der Waals surface area (Å²) in [5.74, 6) is -4.74. The van der Waals surface area contributed by atoms with E-state index < -0.39 is 29.0 Å². The van der Waals surface area contributed by atoms with Crippen molar-refractivity contribution in [3.63, 3.8) is 0 Å². The quantitative estimate of drug-likeness (QED) is 0.743. The molecule has 0 spiro atoms. The van der Waals surface area contributed by atoms with Gasteiger partial charge in [-0.3, -0.25) is 14.5 Å². The molecule has 24 heavy (non-hydrogen) atoms. The number of amides is 2. The van der Waals surface area contributed by atoms with Crippen molar-refractivity contribution in [3.05, 3.63) is 29.6 Å². The Labute approximate surface area is 138 Å². The van der Waals surface area contributed by atoms with Gasteiger partial charge in [0.15, 0.2) is 17.5 Å². The summed E-state index contributed by atoms with van der Waals surface area (Å²) < 4.78 is 39.4. The first-order valence-corrected chi connectivity index (χ1v) is 7.69. The Morgan fingerprint density at radius 3 is 2.42 bits per heavy atom. The molecule has 0 unspecified atom stereocenters. The summed E-state index contributed by atoms with van der Waals surface area (Å²) in [5.41, 5.74) is -0.445. The second-order valence-electron chi connectivity index (χ2n) is 6.14. The van der Waals surface area contributed by atoms with Gasteiger partial charge in [0.25, 0.3) is 0 Å². The Morgan fingerprint density at radius 1 is 1.17 bits per heavy atom. The molecule has 1 aromatic rings. The molecule has 5 nitrogen and oxygen atoms in total. The van der Waals surface area contributed by atoms with Crippen LogP contribution in [0.25, 0.3) is 0 Å². The van der Waals surface area contributed by atoms with Crippen LogP contribution in [0.2, 0.25) is 0 Å². The lowest BCUT2D eigenvalue weighted by molar-refractivity contribution is -0.123. The van der Waals surface area contributed by atoms with Gasteiger partial charge in [0.2, 0.25) is 11.8 Å². The van der Waals surface area contributed by atoms with Crippen LogP contribution in [0.15, 0.2) is 12.1 Å². The molecule has 0 radical (unpaired) electrons. The maximum Gasteiger partial charge on any atom is 0.238 e. The van der Waals surface area contributed by atoms with Crippen molar-refractivity contribution < 1.29 is 22.8 Å². The van der Waals surface area contributed by atoms with E-state index in [-0.39, 0.29) is 25.0 Å². The lowest BCUT2D eigenvalue weighted by Crippen LogP contribution is -2.42. The summed E-state index contributed by atoms with van der Waals surface area (Å²) in [6, 6.07) is 1.77. The SMILES string of the molecule is C[C@H](NC(=O)CN(C)CC(=O)Nc1ccc(F)c(F)c1F)C1CC1. The number of benzene rings is 1. The zero-order valence-electron chi connectivity index (χ0n) is 13.5. The third-order valence-corrected chi connectivity index (χ3v) is 3.85. The number of nitrogens with one attached hydrogen (secondary N) is 2. The molecule has 2 amide bonds. The molecular formula is C16H20F3N3O2. The number of rotatable bonds is 7. The van der Waals surface area contributed by atoms with Crippen LogP contribution in [0.3, 0.4) is 0 Å². The van der Waals surface area contributed by atoms with Crippen LogP contribution in [-0.4, -0.2) is 42.9 Å². The summed E-state index contributed by atoms with van der Waals surface area (Å²) in [5, 5.41) is 5.01. The van der Waals surface area contributed by atoms with Crippen molar-refractivity contribution >= 4 is 17.5 Å². The van der Waals surface area contributed by atoms with Gasteiger partial charge in [0.1, 0.15) is 0 Å². The summed E-state index contributed by atoms with van der Waals surface area (Å²) in [7, 11) is 1.56. The van der Waals surface area contributed by atoms with Crippen molar-refractivity contribution in [2.24, 2.45) is 5.92 Å². The van der Waals surface area contributed by atoms with Gasteiger partial charge in [0, 0.05) is 6.04 Å². The van der Waals surface area contributed by atoms with Crippen LogP contribution in [-0.2, 0) is 9.59 Å². The molecule has 1 aliphatic rings. The Kier molecular flexibility index (Phi) is 5.82. The van der Waals surface area contributed by atoms with Crippen LogP contribution in [0, 0.1) is 23.4 Å². The molecule has 2 rings (SSSR count). The summed E-state index contributed by atoms with van der Waals surface area (Å²) in [6.45, 7) is 1.75. The Hall–Kier alpha value is -2.09. The minimum atomic E-state index is -1.64. The number of hydrogen-bond acceptors (Lipinski definition) is 3. The van der Waals surface area contributed by atoms with Crippen molar-refractivity contribution in [3.8, 4) is 0 Å². The van der Waals surface area contributed by atoms with E-state index in [9.17, 15) is 22.8 Å². The predicted molar refractivity (Wildman–Crippen MR) is 82.8 cm³/mol. The van der Waals surface area contributed by atoms with Gasteiger partial charge < -0.3 is 10.6 Å². The normalized spacial score (nSPS) is 15.2. The number of halogens is 3. The molecule has 1 aromatic carbocycles. The molecule has 1 aliphatic carbocycles. The molecule has 0 bridgehead atoms. The highest BCUT2D eigenvalue weighted by atomic mass is 19.2. The molecule has 0 saturated heterocycles. The monoisotopic (exact) mass is 343 g/mol. The first kappa shape index (κ1) is 18.3. The number of hydrogen-bond donors (Lipinski definition) is 2. The van der Waals surface area contributed by atoms with Gasteiger partial charge in [0.05, 0.1) is 18.8 Å². The number of anilines is 1. The number of carbonyl (C=O) groups is 2. The zero-order valence-corrected chi connectivity index (χ0v) is 13.5. The molecule has 0 heterocycles. The zero-order chi connectivity index (χ0) is 17.9. The topological polar surface area (TPSA) is 61.4 Å². The highest BCUT2D eigenvalue weighted by Crippen LogP contribution is 2.32. The fourth-order valence-electron chi connectivity index (χ4n) is 2.37. The average Bonchev–Trinajstić information content (AvgIpc) is 3.32. The molecule has 1 atom stereocenters. The highest BCUT2D eigenvalue weighted by Gasteiger charge is 2.29. The van der Waals surface area contributed by atoms with Crippen LogP contribution in [0.4, 0.5) is 18.9 Å². The van der Waals surface area contributed by atoms with E-state index in [0.29, 0.717) is 5.92 Å². The van der Waals surface area contributed by atoms with E-state index in [1.54, 1.807) is 7.05 Å². The second kappa shape index (κ2) is 7.65. The lowest BCUT2D eigenvalue weighted by Gasteiger charge is -2.18. The maximum absolute atomic E-state index is 13.5. The molecule has 8 heteroatoms. The minimum absolute atomic E-state index is 0.00470. The van der Waals surface area contributed by atoms with Crippen molar-refractivity contribution in [2.45, 2.75) is 25.8 Å². The maximum atomic E-state index is 13.5. The number of carbonyl (C=O) groups excluding carboxylic acids is 2. The van der Waals surface area contributed by atoms with Gasteiger partial charge in [-0.2, -0.15) is 0 Å². The van der Waals surface area contributed by atoms with Crippen molar-refractivity contribution in [1.29, 1.82) is 0 Å². The predicted octanol–water partition coefficient (Wildman–Crippen LogP) is 1.89. The van der Waals surface area contributed by atoms with E-state index in [0.717, 1.165) is 25.0 Å². The fourth-order valence-corrected chi connectivity index (χ4v) is 2.37. The van der Waals surface area contributed by atoms with Gasteiger partial charge in [-0.15, -0.1) is 0 Å². The van der Waals surface area contributed by atoms with E-state index >= 15 is 0 Å². The van der Waals surface area contributed by atoms with Gasteiger partial charge in [-0.1, -0.05) is 0 Å². The Balaban J connectivity index is 1.81. The third kappa shape index (κ3) is 4.95. The van der Waals surface area contributed by atoms with E-state index in [4.69, 9.17) is 0 Å². The molecule has 132 valence electrons. The van der Waals surface area contributed by atoms with Gasteiger partial charge in [-0.25, -0.2) is 13.2 Å². The van der Waals surface area contributed by atoms with Crippen LogP contribution >= 0.6 is 0 Å². The van der Waals surface area contributed by atoms with E-state index in [1.165, 1.54) is 4.90 Å². The number of likely N-dealkylation sites (N-methyl/N-ethyl adjacent to an activating group) is 1. The molecule has 0 aliphatic heterocycles. The van der Waals surface area contributed by atoms with E-state index in [2.05, 4.69) is 10.6 Å². The smallest absolute Gasteiger partial charge is 0.238 e. The van der Waals surface area contributed by atoms with Gasteiger partial charge in [-0.05, 0) is 44.9 Å². The third-order valence-electron chi connectivity index (χ3n) is 3.85. The first-order valence-electron chi connectivity index (χ1n) is 7.69. The average molecular weight is 343 g/mol. The van der Waals surface area contributed by atoms with E-state index in [1.807, 2.05) is 6.92 Å². The van der Waals surface area contributed by atoms with Crippen LogP contribution in [0.1, 0.15) is 19.8 Å². The highest BCUT2D eigenvalue weighted by molar-refractivity contribution is 5.92. The summed E-state index contributed by atoms with van der Waals surface area (Å²) in [6.07, 6.45) is 2.22. The molecule has 2 N–H and O–H groups in total. The van der Waals surface area contributed by atoms with Crippen molar-refractivity contribution in [2.75, 3.05) is 25.5 Å². The summed E-state index contributed by atoms with van der Waals surface area (Å²) in [4.78, 5) is 25.1. The lowest BCUT2D eigenvalue weighted by atomic mass is 10.2. The Morgan fingerprint density at radius 2 is 1.79 bits per heavy atom.